The Morgan fingerprint density at radius 3 is 2.90 bits per heavy atom. The van der Waals surface area contributed by atoms with Gasteiger partial charge in [-0.1, -0.05) is 19.0 Å². The maximum Gasteiger partial charge on any atom is 0.249 e. The van der Waals surface area contributed by atoms with Gasteiger partial charge >= 0.3 is 0 Å². The Morgan fingerprint density at radius 1 is 1.50 bits per heavy atom. The van der Waals surface area contributed by atoms with Crippen LogP contribution in [0.5, 0.6) is 0 Å². The number of nitrogens with one attached hydrogen (secondary N) is 1. The molecule has 1 unspecified atom stereocenters. The van der Waals surface area contributed by atoms with Gasteiger partial charge in [0.05, 0.1) is 6.54 Å². The number of hydrogen-bond donors (Lipinski definition) is 2. The van der Waals surface area contributed by atoms with Crippen LogP contribution < -0.4 is 11.1 Å². The van der Waals surface area contributed by atoms with Crippen molar-refractivity contribution in [2.45, 2.75) is 19.9 Å². The van der Waals surface area contributed by atoms with Crippen LogP contribution in [0.15, 0.2) is 29.0 Å². The molecule has 0 radical (unpaired) electrons. The first-order chi connectivity index (χ1) is 9.61. The third kappa shape index (κ3) is 3.18. The van der Waals surface area contributed by atoms with Gasteiger partial charge in [0, 0.05) is 18.0 Å². The summed E-state index contributed by atoms with van der Waals surface area (Å²) < 4.78 is 5.24. The van der Waals surface area contributed by atoms with Crippen molar-refractivity contribution in [3.05, 3.63) is 30.4 Å². The van der Waals surface area contributed by atoms with Crippen molar-refractivity contribution in [3.63, 3.8) is 0 Å². The van der Waals surface area contributed by atoms with Crippen LogP contribution in [0.4, 0.5) is 0 Å². The fourth-order valence-electron chi connectivity index (χ4n) is 1.72. The maximum absolute atomic E-state index is 11.4. The lowest BCUT2D eigenvalue weighted by Gasteiger charge is -2.17. The summed E-state index contributed by atoms with van der Waals surface area (Å²) in [6.07, 6.45) is 3.32. The lowest BCUT2D eigenvalue weighted by Crippen LogP contribution is -2.36. The second-order valence-electron chi connectivity index (χ2n) is 4.69. The van der Waals surface area contributed by atoms with E-state index in [1.807, 2.05) is 19.9 Å². The number of amides is 1. The Hall–Kier alpha value is -2.28. The van der Waals surface area contributed by atoms with E-state index in [9.17, 15) is 4.79 Å². The zero-order chi connectivity index (χ0) is 14.5. The highest BCUT2D eigenvalue weighted by Gasteiger charge is 2.24. The zero-order valence-corrected chi connectivity index (χ0v) is 11.4. The first-order valence-electron chi connectivity index (χ1n) is 6.35. The van der Waals surface area contributed by atoms with E-state index in [4.69, 9.17) is 10.3 Å². The molecule has 2 heterocycles. The molecule has 0 aliphatic rings. The maximum atomic E-state index is 11.4. The van der Waals surface area contributed by atoms with Crippen LogP contribution in [0.2, 0.25) is 0 Å². The molecule has 1 amide bonds. The largest absolute Gasteiger partial charge is 0.343 e. The zero-order valence-electron chi connectivity index (χ0n) is 11.4. The summed E-state index contributed by atoms with van der Waals surface area (Å²) in [5.74, 6) is 0.652. The molecule has 2 aromatic rings. The molecule has 0 spiro atoms. The summed E-state index contributed by atoms with van der Waals surface area (Å²) in [6, 6.07) is 3.27. The Bertz CT molecular complexity index is 567. The summed E-state index contributed by atoms with van der Waals surface area (Å²) in [5.41, 5.74) is 6.07. The fourth-order valence-corrected chi connectivity index (χ4v) is 1.72. The number of pyridine rings is 1. The average Bonchev–Trinajstić information content (AvgIpc) is 2.94. The predicted molar refractivity (Wildman–Crippen MR) is 72.3 cm³/mol. The monoisotopic (exact) mass is 275 g/mol. The Balaban J connectivity index is 2.23. The topological polar surface area (TPSA) is 107 Å². The third-order valence-electron chi connectivity index (χ3n) is 2.80. The van der Waals surface area contributed by atoms with E-state index >= 15 is 0 Å². The number of carbonyl (C=O) groups excluding carboxylic acids is 1. The Morgan fingerprint density at radius 2 is 2.30 bits per heavy atom. The van der Waals surface area contributed by atoms with Crippen molar-refractivity contribution < 1.29 is 9.32 Å². The summed E-state index contributed by atoms with van der Waals surface area (Å²) in [4.78, 5) is 19.8. The molecule has 0 saturated heterocycles. The highest BCUT2D eigenvalue weighted by Crippen LogP contribution is 2.22. The molecule has 0 aliphatic carbocycles. The molecule has 3 N–H and O–H groups in total. The predicted octanol–water partition coefficient (Wildman–Crippen LogP) is 0.904. The molecule has 1 atom stereocenters. The molecular formula is C13H17N5O2. The quantitative estimate of drug-likeness (QED) is 0.839. The number of carbonyl (C=O) groups is 1. The minimum atomic E-state index is -0.357. The molecule has 7 nitrogen and oxygen atoms in total. The van der Waals surface area contributed by atoms with Crippen LogP contribution in [0.1, 0.15) is 25.8 Å². The van der Waals surface area contributed by atoms with Gasteiger partial charge in [-0.05, 0) is 18.1 Å². The van der Waals surface area contributed by atoms with Crippen LogP contribution in [0.25, 0.3) is 11.4 Å². The third-order valence-corrected chi connectivity index (χ3v) is 2.80. The Labute approximate surface area is 116 Å². The van der Waals surface area contributed by atoms with Crippen molar-refractivity contribution in [1.82, 2.24) is 20.4 Å². The molecule has 0 fully saturated rings. The van der Waals surface area contributed by atoms with E-state index in [0.29, 0.717) is 11.7 Å². The Kier molecular flexibility index (Phi) is 4.41. The second kappa shape index (κ2) is 6.25. The van der Waals surface area contributed by atoms with Gasteiger partial charge in [-0.25, -0.2) is 0 Å². The normalized spacial score (nSPS) is 12.4. The van der Waals surface area contributed by atoms with Crippen molar-refractivity contribution in [2.24, 2.45) is 11.7 Å². The van der Waals surface area contributed by atoms with Gasteiger partial charge in [0.15, 0.2) is 0 Å². The van der Waals surface area contributed by atoms with E-state index in [1.54, 1.807) is 18.5 Å². The van der Waals surface area contributed by atoms with Crippen LogP contribution in [-0.2, 0) is 4.79 Å². The molecule has 0 bridgehead atoms. The van der Waals surface area contributed by atoms with E-state index in [2.05, 4.69) is 20.4 Å². The van der Waals surface area contributed by atoms with Gasteiger partial charge in [0.1, 0.15) is 6.04 Å². The van der Waals surface area contributed by atoms with Crippen LogP contribution in [-0.4, -0.2) is 27.6 Å². The van der Waals surface area contributed by atoms with Crippen molar-refractivity contribution in [3.8, 4) is 11.4 Å². The molecule has 2 rings (SSSR count). The summed E-state index contributed by atoms with van der Waals surface area (Å²) in [7, 11) is 0. The van der Waals surface area contributed by atoms with Crippen molar-refractivity contribution in [2.75, 3.05) is 6.54 Å². The standard InChI is InChI=1S/C13H17N5O2/c1-8(2)11(16-10(19)6-14)13-17-12(18-20-13)9-4-3-5-15-7-9/h3-5,7-8,11H,6,14H2,1-2H3,(H,16,19). The van der Waals surface area contributed by atoms with Crippen LogP contribution in [0.3, 0.4) is 0 Å². The molecule has 2 aromatic heterocycles. The van der Waals surface area contributed by atoms with Gasteiger partial charge in [-0.2, -0.15) is 4.98 Å². The smallest absolute Gasteiger partial charge is 0.249 e. The van der Waals surface area contributed by atoms with Gasteiger partial charge in [0.25, 0.3) is 0 Å². The molecule has 7 heteroatoms. The first kappa shape index (κ1) is 14.1. The van der Waals surface area contributed by atoms with Crippen molar-refractivity contribution >= 4 is 5.91 Å². The molecule has 106 valence electrons. The number of rotatable bonds is 5. The van der Waals surface area contributed by atoms with E-state index < -0.39 is 0 Å². The van der Waals surface area contributed by atoms with E-state index in [0.717, 1.165) is 5.56 Å². The number of aromatic nitrogens is 3. The molecule has 0 aliphatic heterocycles. The summed E-state index contributed by atoms with van der Waals surface area (Å²) in [5, 5.41) is 6.69. The SMILES string of the molecule is CC(C)C(NC(=O)CN)c1nc(-c2cccnc2)no1. The summed E-state index contributed by atoms with van der Waals surface area (Å²) >= 11 is 0. The minimum Gasteiger partial charge on any atom is -0.343 e. The van der Waals surface area contributed by atoms with Crippen molar-refractivity contribution in [1.29, 1.82) is 0 Å². The van der Waals surface area contributed by atoms with Crippen LogP contribution in [0, 0.1) is 5.92 Å². The molecular weight excluding hydrogens is 258 g/mol. The van der Waals surface area contributed by atoms with Gasteiger partial charge < -0.3 is 15.6 Å². The fraction of sp³-hybridized carbons (Fsp3) is 0.385. The van der Waals surface area contributed by atoms with Gasteiger partial charge in [-0.3, -0.25) is 9.78 Å². The highest BCUT2D eigenvalue weighted by molar-refractivity contribution is 5.78. The van der Waals surface area contributed by atoms with Gasteiger partial charge in [0.2, 0.25) is 17.6 Å². The molecule has 20 heavy (non-hydrogen) atoms. The highest BCUT2D eigenvalue weighted by atomic mass is 16.5. The first-order valence-corrected chi connectivity index (χ1v) is 6.35. The van der Waals surface area contributed by atoms with Gasteiger partial charge in [-0.15, -0.1) is 0 Å². The molecule has 0 aromatic carbocycles. The lowest BCUT2D eigenvalue weighted by molar-refractivity contribution is -0.121. The molecule has 0 saturated carbocycles. The van der Waals surface area contributed by atoms with Crippen LogP contribution >= 0.6 is 0 Å². The van der Waals surface area contributed by atoms with E-state index in [1.165, 1.54) is 0 Å². The van der Waals surface area contributed by atoms with E-state index in [-0.39, 0.29) is 24.4 Å². The second-order valence-corrected chi connectivity index (χ2v) is 4.69. The summed E-state index contributed by atoms with van der Waals surface area (Å²) in [6.45, 7) is 3.83. The number of nitrogens with zero attached hydrogens (tertiary/aromatic N) is 3. The lowest BCUT2D eigenvalue weighted by atomic mass is 10.0. The minimum absolute atomic E-state index is 0.0766. The average molecular weight is 275 g/mol. The number of hydrogen-bond acceptors (Lipinski definition) is 6. The number of nitrogens with two attached hydrogens (primary N) is 1.